The first-order valence-corrected chi connectivity index (χ1v) is 6.00. The van der Waals surface area contributed by atoms with E-state index < -0.39 is 0 Å². The molecule has 2 nitrogen and oxygen atoms in total. The van der Waals surface area contributed by atoms with E-state index in [9.17, 15) is 0 Å². The Morgan fingerprint density at radius 3 is 2.71 bits per heavy atom. The van der Waals surface area contributed by atoms with Crippen molar-refractivity contribution in [2.24, 2.45) is 4.99 Å². The maximum atomic E-state index is 5.82. The van der Waals surface area contributed by atoms with Crippen LogP contribution in [0.1, 0.15) is 11.6 Å². The normalized spacial score (nSPS) is 20.4. The summed E-state index contributed by atoms with van der Waals surface area (Å²) in [7, 11) is 0. The van der Waals surface area contributed by atoms with Gasteiger partial charge < -0.3 is 5.32 Å². The number of rotatable bonds is 1. The Morgan fingerprint density at radius 1 is 1.43 bits per heavy atom. The molecular weight excluding hydrogens is 216 g/mol. The van der Waals surface area contributed by atoms with Crippen molar-refractivity contribution in [3.8, 4) is 0 Å². The first-order valence-electron chi connectivity index (χ1n) is 4.40. The Balaban J connectivity index is 2.08. The highest BCUT2D eigenvalue weighted by Gasteiger charge is 2.17. The van der Waals surface area contributed by atoms with E-state index >= 15 is 0 Å². The van der Waals surface area contributed by atoms with Crippen molar-refractivity contribution in [3.05, 3.63) is 34.9 Å². The smallest absolute Gasteiger partial charge is 0.156 e. The quantitative estimate of drug-likeness (QED) is 0.797. The fraction of sp³-hybridized carbons (Fsp3) is 0.300. The van der Waals surface area contributed by atoms with Crippen molar-refractivity contribution in [1.82, 2.24) is 5.32 Å². The number of hydrogen-bond donors (Lipinski definition) is 1. The average Bonchev–Trinajstić information content (AvgIpc) is 2.67. The van der Waals surface area contributed by atoms with Crippen molar-refractivity contribution in [2.75, 3.05) is 12.8 Å². The van der Waals surface area contributed by atoms with E-state index in [-0.39, 0.29) is 0 Å². The lowest BCUT2D eigenvalue weighted by Gasteiger charge is -2.11. The fourth-order valence-corrected chi connectivity index (χ4v) is 2.01. The van der Waals surface area contributed by atoms with E-state index in [1.54, 1.807) is 11.8 Å². The predicted molar refractivity (Wildman–Crippen MR) is 63.1 cm³/mol. The second-order valence-corrected chi connectivity index (χ2v) is 4.33. The highest BCUT2D eigenvalue weighted by atomic mass is 35.5. The van der Waals surface area contributed by atoms with Crippen LogP contribution in [0, 0.1) is 0 Å². The maximum Gasteiger partial charge on any atom is 0.156 e. The Labute approximate surface area is 92.8 Å². The Morgan fingerprint density at radius 2 is 2.14 bits per heavy atom. The molecule has 4 heteroatoms. The summed E-state index contributed by atoms with van der Waals surface area (Å²) in [5.41, 5.74) is 1.24. The summed E-state index contributed by atoms with van der Waals surface area (Å²) in [5.74, 6) is 0. The number of nitrogens with zero attached hydrogens (tertiary/aromatic N) is 1. The molecule has 2 rings (SSSR count). The molecule has 0 aliphatic carbocycles. The van der Waals surface area contributed by atoms with Gasteiger partial charge in [-0.2, -0.15) is 0 Å². The highest BCUT2D eigenvalue weighted by Crippen LogP contribution is 2.21. The lowest BCUT2D eigenvalue weighted by atomic mass is 10.1. The Kier molecular flexibility index (Phi) is 2.99. The molecule has 0 saturated heterocycles. The van der Waals surface area contributed by atoms with Gasteiger partial charge in [-0.1, -0.05) is 35.5 Å². The van der Waals surface area contributed by atoms with Gasteiger partial charge in [0.15, 0.2) is 5.17 Å². The van der Waals surface area contributed by atoms with Crippen LogP contribution >= 0.6 is 23.4 Å². The third-order valence-corrected chi connectivity index (χ3v) is 3.07. The number of amidine groups is 1. The molecule has 0 bridgehead atoms. The zero-order chi connectivity index (χ0) is 9.97. The van der Waals surface area contributed by atoms with Crippen LogP contribution in [0.2, 0.25) is 5.02 Å². The zero-order valence-electron chi connectivity index (χ0n) is 7.83. The van der Waals surface area contributed by atoms with Gasteiger partial charge >= 0.3 is 0 Å². The van der Waals surface area contributed by atoms with E-state index in [0.717, 1.165) is 16.7 Å². The summed E-state index contributed by atoms with van der Waals surface area (Å²) in [5, 5.41) is 5.14. The number of nitrogens with one attached hydrogen (secondary N) is 1. The minimum absolute atomic E-state index is 0.315. The molecule has 0 radical (unpaired) electrons. The Hall–Kier alpha value is -0.670. The average molecular weight is 227 g/mol. The van der Waals surface area contributed by atoms with Gasteiger partial charge in [-0.25, -0.2) is 0 Å². The molecule has 0 amide bonds. The van der Waals surface area contributed by atoms with Crippen molar-refractivity contribution in [3.63, 3.8) is 0 Å². The van der Waals surface area contributed by atoms with E-state index in [1.165, 1.54) is 5.56 Å². The number of benzene rings is 1. The van der Waals surface area contributed by atoms with Crippen LogP contribution in [0.15, 0.2) is 29.3 Å². The van der Waals surface area contributed by atoms with E-state index in [2.05, 4.69) is 10.3 Å². The van der Waals surface area contributed by atoms with Gasteiger partial charge in [0.05, 0.1) is 12.6 Å². The van der Waals surface area contributed by atoms with Gasteiger partial charge in [0.2, 0.25) is 0 Å². The van der Waals surface area contributed by atoms with Crippen molar-refractivity contribution >= 4 is 28.5 Å². The molecule has 1 aliphatic rings. The van der Waals surface area contributed by atoms with Crippen LogP contribution in [0.5, 0.6) is 0 Å². The molecule has 1 atom stereocenters. The summed E-state index contributed by atoms with van der Waals surface area (Å²) in [6, 6.07) is 8.22. The molecule has 14 heavy (non-hydrogen) atoms. The van der Waals surface area contributed by atoms with E-state index in [1.807, 2.05) is 30.5 Å². The van der Waals surface area contributed by atoms with Gasteiger partial charge in [0, 0.05) is 5.02 Å². The van der Waals surface area contributed by atoms with Crippen LogP contribution in [0.4, 0.5) is 0 Å². The monoisotopic (exact) mass is 226 g/mol. The minimum Gasteiger partial charge on any atom is -0.356 e. The summed E-state index contributed by atoms with van der Waals surface area (Å²) in [6.45, 7) is 0.817. The second kappa shape index (κ2) is 4.24. The van der Waals surface area contributed by atoms with Crippen LogP contribution in [0.3, 0.4) is 0 Å². The van der Waals surface area contributed by atoms with Gasteiger partial charge in [-0.3, -0.25) is 4.99 Å². The standard InChI is InChI=1S/C10H11ClN2S/c1-14-10-12-6-9(13-10)7-2-4-8(11)5-3-7/h2-5,9H,6H2,1H3,(H,12,13)/t9-/m1/s1. The zero-order valence-corrected chi connectivity index (χ0v) is 9.40. The molecule has 0 unspecified atom stereocenters. The SMILES string of the molecule is CSC1=NC[C@H](c2ccc(Cl)cc2)N1. The van der Waals surface area contributed by atoms with Crippen molar-refractivity contribution in [2.45, 2.75) is 6.04 Å². The van der Waals surface area contributed by atoms with Crippen molar-refractivity contribution < 1.29 is 0 Å². The van der Waals surface area contributed by atoms with Gasteiger partial charge in [-0.15, -0.1) is 0 Å². The van der Waals surface area contributed by atoms with Gasteiger partial charge in [0.25, 0.3) is 0 Å². The number of thioether (sulfide) groups is 1. The summed E-state index contributed by atoms with van der Waals surface area (Å²) in [4.78, 5) is 4.37. The van der Waals surface area contributed by atoms with Crippen molar-refractivity contribution in [1.29, 1.82) is 0 Å². The summed E-state index contributed by atoms with van der Waals surface area (Å²) in [6.07, 6.45) is 2.02. The molecule has 0 saturated carbocycles. The molecule has 1 aromatic rings. The Bertz CT molecular complexity index is 348. The molecule has 0 spiro atoms. The molecule has 1 aromatic carbocycles. The molecule has 1 heterocycles. The van der Waals surface area contributed by atoms with Gasteiger partial charge in [0.1, 0.15) is 0 Å². The summed E-state index contributed by atoms with van der Waals surface area (Å²) < 4.78 is 0. The molecule has 1 N–H and O–H groups in total. The maximum absolute atomic E-state index is 5.82. The first kappa shape index (κ1) is 9.87. The molecule has 0 aromatic heterocycles. The summed E-state index contributed by atoms with van der Waals surface area (Å²) >= 11 is 7.47. The van der Waals surface area contributed by atoms with E-state index in [0.29, 0.717) is 6.04 Å². The highest BCUT2D eigenvalue weighted by molar-refractivity contribution is 8.13. The van der Waals surface area contributed by atoms with E-state index in [4.69, 9.17) is 11.6 Å². The lowest BCUT2D eigenvalue weighted by molar-refractivity contribution is 0.712. The molecule has 74 valence electrons. The molecule has 0 fully saturated rings. The molecule has 1 aliphatic heterocycles. The number of hydrogen-bond acceptors (Lipinski definition) is 3. The van der Waals surface area contributed by atoms with Crippen LogP contribution in [-0.2, 0) is 0 Å². The predicted octanol–water partition coefficient (Wildman–Crippen LogP) is 2.70. The van der Waals surface area contributed by atoms with Crippen LogP contribution in [0.25, 0.3) is 0 Å². The van der Waals surface area contributed by atoms with Gasteiger partial charge in [-0.05, 0) is 24.0 Å². The number of halogens is 1. The van der Waals surface area contributed by atoms with Crippen LogP contribution in [-0.4, -0.2) is 18.0 Å². The minimum atomic E-state index is 0.315. The molecular formula is C10H11ClN2S. The largest absolute Gasteiger partial charge is 0.356 e. The third-order valence-electron chi connectivity index (χ3n) is 2.18. The third kappa shape index (κ3) is 2.04. The lowest BCUT2D eigenvalue weighted by Crippen LogP contribution is -2.20. The second-order valence-electron chi connectivity index (χ2n) is 3.10. The fourth-order valence-electron chi connectivity index (χ4n) is 1.42. The topological polar surface area (TPSA) is 24.4 Å². The first-order chi connectivity index (χ1) is 6.79. The number of aliphatic imine (C=N–C) groups is 1. The van der Waals surface area contributed by atoms with Crippen LogP contribution < -0.4 is 5.32 Å².